The molecule has 2 aromatic rings. The molecular weight excluding hydrogens is 358 g/mol. The lowest BCUT2D eigenvalue weighted by molar-refractivity contribution is -0.130. The van der Waals surface area contributed by atoms with Gasteiger partial charge in [-0.25, -0.2) is 0 Å². The number of benzene rings is 1. The summed E-state index contributed by atoms with van der Waals surface area (Å²) in [5, 5.41) is 5.91. The first kappa shape index (κ1) is 19.7. The molecule has 1 saturated heterocycles. The van der Waals surface area contributed by atoms with E-state index in [2.05, 4.69) is 15.6 Å². The molecule has 1 aliphatic rings. The van der Waals surface area contributed by atoms with Crippen molar-refractivity contribution < 1.29 is 19.1 Å². The Hall–Kier alpha value is -3.09. The molecule has 7 nitrogen and oxygen atoms in total. The summed E-state index contributed by atoms with van der Waals surface area (Å²) in [5.41, 5.74) is 0.376. The summed E-state index contributed by atoms with van der Waals surface area (Å²) < 4.78 is 10.6. The number of aromatic nitrogens is 1. The molecule has 0 saturated carbocycles. The third-order valence-electron chi connectivity index (χ3n) is 4.96. The van der Waals surface area contributed by atoms with Gasteiger partial charge in [0, 0.05) is 31.3 Å². The van der Waals surface area contributed by atoms with E-state index in [1.165, 1.54) is 7.11 Å². The molecule has 1 aromatic carbocycles. The van der Waals surface area contributed by atoms with Gasteiger partial charge in [-0.1, -0.05) is 12.5 Å². The summed E-state index contributed by atoms with van der Waals surface area (Å²) in [5.74, 6) is 0.736. The van der Waals surface area contributed by atoms with Crippen molar-refractivity contribution in [2.24, 2.45) is 0 Å². The van der Waals surface area contributed by atoms with Crippen LogP contribution in [0.25, 0.3) is 0 Å². The number of anilines is 1. The molecule has 0 radical (unpaired) electrons. The van der Waals surface area contributed by atoms with E-state index >= 15 is 0 Å². The lowest BCUT2D eigenvalue weighted by atomic mass is 9.85. The summed E-state index contributed by atoms with van der Waals surface area (Å²) in [6, 6.07) is 8.91. The highest BCUT2D eigenvalue weighted by molar-refractivity contribution is 6.02. The van der Waals surface area contributed by atoms with Crippen molar-refractivity contribution in [1.29, 1.82) is 0 Å². The van der Waals surface area contributed by atoms with Crippen LogP contribution >= 0.6 is 0 Å². The molecule has 2 amide bonds. The Bertz CT molecular complexity index is 841. The maximum atomic E-state index is 13.4. The molecule has 7 heteroatoms. The lowest BCUT2D eigenvalue weighted by Gasteiger charge is -2.32. The fourth-order valence-corrected chi connectivity index (χ4v) is 3.48. The van der Waals surface area contributed by atoms with E-state index in [0.29, 0.717) is 36.4 Å². The van der Waals surface area contributed by atoms with Gasteiger partial charge in [0.1, 0.15) is 17.0 Å². The molecular formula is C21H25N3O4. The monoisotopic (exact) mass is 383 g/mol. The zero-order chi connectivity index (χ0) is 20.0. The van der Waals surface area contributed by atoms with Crippen LogP contribution in [0.2, 0.25) is 0 Å². The predicted octanol–water partition coefficient (Wildman–Crippen LogP) is 2.71. The van der Waals surface area contributed by atoms with Crippen molar-refractivity contribution in [3.05, 3.63) is 48.3 Å². The van der Waals surface area contributed by atoms with Crippen LogP contribution in [0.1, 0.15) is 31.2 Å². The molecule has 1 aliphatic heterocycles. The van der Waals surface area contributed by atoms with Crippen molar-refractivity contribution in [2.45, 2.75) is 37.6 Å². The zero-order valence-electron chi connectivity index (χ0n) is 16.2. The lowest BCUT2D eigenvalue weighted by Crippen LogP contribution is -2.57. The molecule has 0 spiro atoms. The van der Waals surface area contributed by atoms with Gasteiger partial charge >= 0.3 is 0 Å². The second kappa shape index (κ2) is 8.73. The van der Waals surface area contributed by atoms with E-state index in [4.69, 9.17) is 9.47 Å². The minimum atomic E-state index is -1.04. The van der Waals surface area contributed by atoms with Crippen molar-refractivity contribution in [1.82, 2.24) is 10.3 Å². The predicted molar refractivity (Wildman–Crippen MR) is 105 cm³/mol. The normalized spacial score (nSPS) is 19.3. The van der Waals surface area contributed by atoms with Crippen LogP contribution in [-0.4, -0.2) is 36.6 Å². The Kier molecular flexibility index (Phi) is 6.13. The minimum absolute atomic E-state index is 0.113. The highest BCUT2D eigenvalue weighted by Crippen LogP contribution is 2.31. The SMILES string of the molecule is COc1ccc(NC(=O)C2(Cc3cccnc3)CCCCC(=O)N2)c(OC)c1. The van der Waals surface area contributed by atoms with E-state index in [-0.39, 0.29) is 11.8 Å². The van der Waals surface area contributed by atoms with Gasteiger partial charge in [0.25, 0.3) is 5.91 Å². The van der Waals surface area contributed by atoms with Gasteiger partial charge in [-0.2, -0.15) is 0 Å². The number of ether oxygens (including phenoxy) is 2. The van der Waals surface area contributed by atoms with E-state index < -0.39 is 5.54 Å². The van der Waals surface area contributed by atoms with Gasteiger partial charge in [0.15, 0.2) is 0 Å². The van der Waals surface area contributed by atoms with Crippen molar-refractivity contribution in [3.8, 4) is 11.5 Å². The van der Waals surface area contributed by atoms with Crippen LogP contribution in [0, 0.1) is 0 Å². The highest BCUT2D eigenvalue weighted by atomic mass is 16.5. The third-order valence-corrected chi connectivity index (χ3v) is 4.96. The largest absolute Gasteiger partial charge is 0.497 e. The fraction of sp³-hybridized carbons (Fsp3) is 0.381. The molecule has 3 rings (SSSR count). The second-order valence-electron chi connectivity index (χ2n) is 6.90. The van der Waals surface area contributed by atoms with Gasteiger partial charge in [0.05, 0.1) is 19.9 Å². The van der Waals surface area contributed by atoms with Crippen LogP contribution in [-0.2, 0) is 16.0 Å². The number of carbonyl (C=O) groups is 2. The Morgan fingerprint density at radius 3 is 2.82 bits per heavy atom. The van der Waals surface area contributed by atoms with Crippen molar-refractivity contribution in [2.75, 3.05) is 19.5 Å². The van der Waals surface area contributed by atoms with E-state index in [1.807, 2.05) is 12.1 Å². The molecule has 0 aliphatic carbocycles. The Balaban J connectivity index is 1.91. The first-order chi connectivity index (χ1) is 13.6. The van der Waals surface area contributed by atoms with Crippen LogP contribution < -0.4 is 20.1 Å². The maximum absolute atomic E-state index is 13.4. The average molecular weight is 383 g/mol. The van der Waals surface area contributed by atoms with E-state index in [9.17, 15) is 9.59 Å². The van der Waals surface area contributed by atoms with Crippen molar-refractivity contribution >= 4 is 17.5 Å². The molecule has 148 valence electrons. The summed E-state index contributed by atoms with van der Waals surface area (Å²) in [7, 11) is 3.10. The molecule has 1 atom stereocenters. The number of methoxy groups -OCH3 is 2. The molecule has 1 aromatic heterocycles. The maximum Gasteiger partial charge on any atom is 0.250 e. The molecule has 1 fully saturated rings. The summed E-state index contributed by atoms with van der Waals surface area (Å²) in [4.78, 5) is 29.8. The van der Waals surface area contributed by atoms with Gasteiger partial charge in [-0.05, 0) is 36.6 Å². The number of amides is 2. The Morgan fingerprint density at radius 2 is 2.11 bits per heavy atom. The van der Waals surface area contributed by atoms with E-state index in [0.717, 1.165) is 18.4 Å². The van der Waals surface area contributed by atoms with Crippen molar-refractivity contribution in [3.63, 3.8) is 0 Å². The standard InChI is InChI=1S/C21H25N3O4/c1-27-16-8-9-17(18(12-16)28-2)23-20(26)21(10-4-3-7-19(25)24-21)13-15-6-5-11-22-14-15/h5-6,8-9,11-12,14H,3-4,7,10,13H2,1-2H3,(H,23,26)(H,24,25). The summed E-state index contributed by atoms with van der Waals surface area (Å²) in [6.07, 6.45) is 6.30. The van der Waals surface area contributed by atoms with Crippen LogP contribution in [0.4, 0.5) is 5.69 Å². The first-order valence-electron chi connectivity index (χ1n) is 9.30. The topological polar surface area (TPSA) is 89.5 Å². The summed E-state index contributed by atoms with van der Waals surface area (Å²) >= 11 is 0. The number of nitrogens with zero attached hydrogens (tertiary/aromatic N) is 1. The quantitative estimate of drug-likeness (QED) is 0.801. The van der Waals surface area contributed by atoms with Gasteiger partial charge < -0.3 is 20.1 Å². The Labute approximate surface area is 164 Å². The number of hydrogen-bond donors (Lipinski definition) is 2. The average Bonchev–Trinajstić information content (AvgIpc) is 2.90. The summed E-state index contributed by atoms with van der Waals surface area (Å²) in [6.45, 7) is 0. The van der Waals surface area contributed by atoms with Gasteiger partial charge in [0.2, 0.25) is 5.91 Å². The molecule has 1 unspecified atom stereocenters. The number of pyridine rings is 1. The van der Waals surface area contributed by atoms with Gasteiger partial charge in [-0.3, -0.25) is 14.6 Å². The molecule has 2 heterocycles. The second-order valence-corrected chi connectivity index (χ2v) is 6.90. The molecule has 28 heavy (non-hydrogen) atoms. The number of nitrogens with one attached hydrogen (secondary N) is 2. The highest BCUT2D eigenvalue weighted by Gasteiger charge is 2.41. The molecule has 2 N–H and O–H groups in total. The van der Waals surface area contributed by atoms with Gasteiger partial charge in [-0.15, -0.1) is 0 Å². The fourth-order valence-electron chi connectivity index (χ4n) is 3.48. The smallest absolute Gasteiger partial charge is 0.250 e. The zero-order valence-corrected chi connectivity index (χ0v) is 16.2. The molecule has 0 bridgehead atoms. The number of hydrogen-bond acceptors (Lipinski definition) is 5. The van der Waals surface area contributed by atoms with Crippen LogP contribution in [0.5, 0.6) is 11.5 Å². The minimum Gasteiger partial charge on any atom is -0.497 e. The number of carbonyl (C=O) groups excluding carboxylic acids is 2. The first-order valence-corrected chi connectivity index (χ1v) is 9.30. The van der Waals surface area contributed by atoms with Crippen LogP contribution in [0.15, 0.2) is 42.7 Å². The van der Waals surface area contributed by atoms with Crippen LogP contribution in [0.3, 0.4) is 0 Å². The third kappa shape index (κ3) is 4.42. The van der Waals surface area contributed by atoms with E-state index in [1.54, 1.807) is 37.7 Å². The number of rotatable bonds is 6. The Morgan fingerprint density at radius 1 is 1.25 bits per heavy atom.